The van der Waals surface area contributed by atoms with Crippen LogP contribution in [0.15, 0.2) is 0 Å². The first-order valence-electron chi connectivity index (χ1n) is 15.8. The van der Waals surface area contributed by atoms with Crippen molar-refractivity contribution in [2.75, 3.05) is 79.1 Å². The first-order chi connectivity index (χ1) is 21.3. The molecule has 44 heavy (non-hydrogen) atoms. The van der Waals surface area contributed by atoms with Crippen molar-refractivity contribution in [2.45, 2.75) is 78.2 Å². The lowest BCUT2D eigenvalue weighted by Gasteiger charge is -2.21. The minimum atomic E-state index is -0.724. The van der Waals surface area contributed by atoms with Crippen LogP contribution in [0.4, 0.5) is 0 Å². The average molecular weight is 651 g/mol. The van der Waals surface area contributed by atoms with Gasteiger partial charge in [0.15, 0.2) is 12.2 Å². The van der Waals surface area contributed by atoms with Gasteiger partial charge in [-0.2, -0.15) is 0 Å². The third-order valence-corrected chi connectivity index (χ3v) is 7.15. The van der Waals surface area contributed by atoms with Crippen molar-refractivity contribution in [1.29, 1.82) is 0 Å². The van der Waals surface area contributed by atoms with Gasteiger partial charge in [-0.3, -0.25) is 18.6 Å². The molecule has 0 spiro atoms. The lowest BCUT2D eigenvalue weighted by molar-refractivity contribution is -0.184. The van der Waals surface area contributed by atoms with E-state index >= 15 is 0 Å². The monoisotopic (exact) mass is 650 g/mol. The van der Waals surface area contributed by atoms with Crippen LogP contribution in [0.3, 0.4) is 0 Å². The lowest BCUT2D eigenvalue weighted by Crippen LogP contribution is -2.33. The Labute approximate surface area is 266 Å². The van der Waals surface area contributed by atoms with Gasteiger partial charge in [0.25, 0.3) is 5.91 Å². The third kappa shape index (κ3) is 22.5. The molecule has 1 heterocycles. The van der Waals surface area contributed by atoms with Gasteiger partial charge in [-0.25, -0.2) is 4.79 Å². The molecule has 0 aromatic rings. The summed E-state index contributed by atoms with van der Waals surface area (Å²) in [5, 5.41) is 9.13. The molecule has 1 fully saturated rings. The molecule has 3 N–H and O–H groups in total. The fourth-order valence-corrected chi connectivity index (χ4v) is 4.57. The van der Waals surface area contributed by atoms with Gasteiger partial charge >= 0.3 is 5.97 Å². The molecule has 3 amide bonds. The number of carbonyl (C=O) groups is 4. The predicted molar refractivity (Wildman–Crippen MR) is 165 cm³/mol. The normalized spacial score (nSPS) is 14.7. The average Bonchev–Trinajstić information content (AvgIpc) is 3.01. The van der Waals surface area contributed by atoms with Crippen LogP contribution in [-0.4, -0.2) is 113 Å². The minimum absolute atomic E-state index is 0.0182. The van der Waals surface area contributed by atoms with Crippen LogP contribution in [0.5, 0.6) is 0 Å². The standard InChI is InChI=1S/C29H54N4O10S/c1-4-6-8-25(7-5-2)21-32-24(3)9-10-26(34)30-12-15-38-17-19-40-22-27(35)31-13-16-39-18-20-41-23-29(37)43-33-28(36)11-14-42-44-33/h24-25,32H,4-23H2,1-3H3,(H,30,34)(H,31,35). The molecular weight excluding hydrogens is 596 g/mol. The van der Waals surface area contributed by atoms with E-state index in [1.165, 1.54) is 32.1 Å². The zero-order valence-corrected chi connectivity index (χ0v) is 27.6. The zero-order valence-electron chi connectivity index (χ0n) is 26.7. The Bertz CT molecular complexity index is 795. The van der Waals surface area contributed by atoms with Gasteiger partial charge in [0.05, 0.1) is 52.7 Å². The summed E-state index contributed by atoms with van der Waals surface area (Å²) in [4.78, 5) is 51.9. The Morgan fingerprint density at radius 3 is 2.18 bits per heavy atom. The van der Waals surface area contributed by atoms with E-state index in [2.05, 4.69) is 36.7 Å². The van der Waals surface area contributed by atoms with E-state index in [1.54, 1.807) is 0 Å². The second-order valence-electron chi connectivity index (χ2n) is 10.4. The molecule has 1 aliphatic heterocycles. The number of nitrogens with one attached hydrogen (secondary N) is 3. The van der Waals surface area contributed by atoms with E-state index in [4.69, 9.17) is 28.0 Å². The van der Waals surface area contributed by atoms with Crippen molar-refractivity contribution in [3.05, 3.63) is 0 Å². The van der Waals surface area contributed by atoms with Crippen molar-refractivity contribution in [2.24, 2.45) is 5.92 Å². The molecule has 2 atom stereocenters. The number of hydroxylamine groups is 1. The fraction of sp³-hybridized carbons (Fsp3) is 0.862. The summed E-state index contributed by atoms with van der Waals surface area (Å²) in [7, 11) is 0. The number of rotatable bonds is 28. The highest BCUT2D eigenvalue weighted by Gasteiger charge is 2.24. The number of unbranched alkanes of at least 4 members (excludes halogenated alkanes) is 1. The maximum absolute atomic E-state index is 12.1. The Kier molecular flexibility index (Phi) is 24.8. The van der Waals surface area contributed by atoms with Crippen LogP contribution in [0, 0.1) is 5.92 Å². The summed E-state index contributed by atoms with van der Waals surface area (Å²) in [6, 6.07) is 0.305. The molecule has 0 aliphatic carbocycles. The van der Waals surface area contributed by atoms with E-state index < -0.39 is 5.97 Å². The van der Waals surface area contributed by atoms with Crippen LogP contribution in [0.1, 0.15) is 72.1 Å². The molecule has 0 radical (unpaired) electrons. The van der Waals surface area contributed by atoms with E-state index in [9.17, 15) is 19.2 Å². The summed E-state index contributed by atoms with van der Waals surface area (Å²) in [5.41, 5.74) is 0. The van der Waals surface area contributed by atoms with Crippen LogP contribution < -0.4 is 16.0 Å². The predicted octanol–water partition coefficient (Wildman–Crippen LogP) is 1.92. The Morgan fingerprint density at radius 2 is 1.52 bits per heavy atom. The van der Waals surface area contributed by atoms with Gasteiger partial charge < -0.3 is 39.7 Å². The number of hydrogen-bond donors (Lipinski definition) is 3. The number of hydrogen-bond acceptors (Lipinski definition) is 12. The lowest BCUT2D eigenvalue weighted by atomic mass is 9.96. The molecule has 0 saturated carbocycles. The molecule has 0 aromatic carbocycles. The minimum Gasteiger partial charge on any atom is -0.377 e. The maximum atomic E-state index is 12.1. The van der Waals surface area contributed by atoms with Gasteiger partial charge in [-0.1, -0.05) is 37.6 Å². The molecule has 14 nitrogen and oxygen atoms in total. The highest BCUT2D eigenvalue weighted by atomic mass is 32.2. The van der Waals surface area contributed by atoms with Crippen LogP contribution >= 0.6 is 12.2 Å². The number of carbonyl (C=O) groups excluding carboxylic acids is 4. The van der Waals surface area contributed by atoms with E-state index in [0.717, 1.165) is 17.4 Å². The van der Waals surface area contributed by atoms with Crippen molar-refractivity contribution in [3.8, 4) is 0 Å². The molecule has 1 saturated heterocycles. The van der Waals surface area contributed by atoms with Gasteiger partial charge in [0, 0.05) is 25.6 Å². The highest BCUT2D eigenvalue weighted by Crippen LogP contribution is 2.19. The summed E-state index contributed by atoms with van der Waals surface area (Å²) in [6.07, 6.45) is 7.65. The van der Waals surface area contributed by atoms with Crippen molar-refractivity contribution in [1.82, 2.24) is 20.4 Å². The van der Waals surface area contributed by atoms with E-state index in [1.807, 2.05) is 0 Å². The molecule has 1 rings (SSSR count). The third-order valence-electron chi connectivity index (χ3n) is 6.46. The Hall–Kier alpha value is -2.01. The molecule has 1 aliphatic rings. The van der Waals surface area contributed by atoms with Crippen molar-refractivity contribution < 1.29 is 47.1 Å². The largest absolute Gasteiger partial charge is 0.377 e. The van der Waals surface area contributed by atoms with Crippen LogP contribution in [0.25, 0.3) is 0 Å². The molecule has 256 valence electrons. The quantitative estimate of drug-likeness (QED) is 0.0642. The number of nitrogens with zero attached hydrogens (tertiary/aromatic N) is 1. The number of amides is 3. The van der Waals surface area contributed by atoms with E-state index in [-0.39, 0.29) is 70.4 Å². The van der Waals surface area contributed by atoms with Crippen molar-refractivity contribution >= 4 is 35.9 Å². The van der Waals surface area contributed by atoms with Crippen LogP contribution in [-0.2, 0) is 47.1 Å². The van der Waals surface area contributed by atoms with Crippen molar-refractivity contribution in [3.63, 3.8) is 0 Å². The SMILES string of the molecule is CCCCC(CCC)CNC(C)CCC(=O)NCCOCCOCC(=O)NCCOCCOCC(=O)ON1SOCCC1=O. The fourth-order valence-electron chi connectivity index (χ4n) is 4.02. The smallest absolute Gasteiger partial charge is 0.359 e. The molecule has 15 heteroatoms. The highest BCUT2D eigenvalue weighted by molar-refractivity contribution is 7.92. The first-order valence-corrected chi connectivity index (χ1v) is 16.5. The zero-order chi connectivity index (χ0) is 32.3. The summed E-state index contributed by atoms with van der Waals surface area (Å²) in [6.45, 7) is 9.74. The second-order valence-corrected chi connectivity index (χ2v) is 11.2. The molecule has 0 bridgehead atoms. The Balaban J connectivity index is 1.87. The summed E-state index contributed by atoms with van der Waals surface area (Å²) < 4.78 is 26.9. The molecular formula is C29H54N4O10S. The summed E-state index contributed by atoms with van der Waals surface area (Å²) >= 11 is 0.667. The van der Waals surface area contributed by atoms with Gasteiger partial charge in [0.1, 0.15) is 13.2 Å². The summed E-state index contributed by atoms with van der Waals surface area (Å²) in [5.74, 6) is -0.622. The Morgan fingerprint density at radius 1 is 0.864 bits per heavy atom. The van der Waals surface area contributed by atoms with Crippen LogP contribution in [0.2, 0.25) is 0 Å². The first kappa shape index (κ1) is 40.0. The number of ether oxygens (including phenoxy) is 4. The van der Waals surface area contributed by atoms with E-state index in [0.29, 0.717) is 56.9 Å². The maximum Gasteiger partial charge on any atom is 0.359 e. The molecule has 0 aromatic heterocycles. The second kappa shape index (κ2) is 27.3. The van der Waals surface area contributed by atoms with Gasteiger partial charge in [0.2, 0.25) is 11.8 Å². The molecule has 2 unspecified atom stereocenters. The topological polar surface area (TPSA) is 163 Å². The van der Waals surface area contributed by atoms with Gasteiger partial charge in [-0.05, 0) is 38.6 Å². The van der Waals surface area contributed by atoms with Gasteiger partial charge in [-0.15, -0.1) is 0 Å².